The van der Waals surface area contributed by atoms with Crippen molar-refractivity contribution in [1.29, 1.82) is 0 Å². The molecule has 0 aliphatic carbocycles. The van der Waals surface area contributed by atoms with Crippen molar-refractivity contribution < 1.29 is 68.9 Å². The predicted molar refractivity (Wildman–Crippen MR) is 44.7 cm³/mol. The Hall–Kier alpha value is 2.53. The molecule has 1 aliphatic heterocycles. The smallest absolute Gasteiger partial charge is 0.832 e. The average Bonchev–Trinajstić information content (AvgIpc) is 2.10. The van der Waals surface area contributed by atoms with Crippen LogP contribution in [0.3, 0.4) is 0 Å². The minimum atomic E-state index is -3.45. The zero-order valence-electron chi connectivity index (χ0n) is 8.45. The first-order valence-corrected chi connectivity index (χ1v) is 6.54. The quantitative estimate of drug-likeness (QED) is 0.384. The molecule has 13 heavy (non-hydrogen) atoms. The minimum absolute atomic E-state index is 0. The first-order chi connectivity index (χ1) is 4.97. The average molecular weight is 239 g/mol. The van der Waals surface area contributed by atoms with Crippen LogP contribution in [0.4, 0.5) is 0 Å². The summed E-state index contributed by atoms with van der Waals surface area (Å²) in [6, 6.07) is 0.446. The van der Waals surface area contributed by atoms with E-state index in [4.69, 9.17) is 0 Å². The SMILES string of the molecule is CC1CC(CP([O-])([O-])=S)CN1.[Na+].[Na+]. The van der Waals surface area contributed by atoms with Crippen molar-refractivity contribution in [3.8, 4) is 0 Å². The summed E-state index contributed by atoms with van der Waals surface area (Å²) in [6.45, 7) is -0.598. The molecule has 1 N–H and O–H groups in total. The summed E-state index contributed by atoms with van der Waals surface area (Å²) in [5, 5.41) is 3.19. The molecule has 1 saturated heterocycles. The molecule has 66 valence electrons. The number of hydrogen-bond acceptors (Lipinski definition) is 4. The van der Waals surface area contributed by atoms with E-state index in [2.05, 4.69) is 24.0 Å². The number of rotatable bonds is 2. The Labute approximate surface area is 129 Å². The van der Waals surface area contributed by atoms with Gasteiger partial charge in [0.15, 0.2) is 0 Å². The fourth-order valence-electron chi connectivity index (χ4n) is 1.49. The van der Waals surface area contributed by atoms with Gasteiger partial charge in [-0.25, -0.2) is 6.49 Å². The number of nitrogens with one attached hydrogen (secondary N) is 1. The summed E-state index contributed by atoms with van der Waals surface area (Å²) in [5.41, 5.74) is 0. The molecule has 1 fully saturated rings. The standard InChI is InChI=1S/C6H14NO2PS.2Na/c1-5-2-6(3-7-5)4-10(8,9)11;;/h5-7H,2-4H2,1H3,(H2,8,9,11);;/q;2*+1/p-2. The van der Waals surface area contributed by atoms with E-state index in [1.165, 1.54) is 0 Å². The van der Waals surface area contributed by atoms with Crippen LogP contribution in [-0.2, 0) is 11.8 Å². The maximum atomic E-state index is 10.7. The Morgan fingerprint density at radius 3 is 2.31 bits per heavy atom. The second-order valence-electron chi connectivity index (χ2n) is 3.20. The van der Waals surface area contributed by atoms with E-state index >= 15 is 0 Å². The van der Waals surface area contributed by atoms with Crippen molar-refractivity contribution in [2.45, 2.75) is 19.4 Å². The first kappa shape index (κ1) is 17.9. The molecule has 0 radical (unpaired) electrons. The van der Waals surface area contributed by atoms with Gasteiger partial charge in [0.05, 0.1) is 0 Å². The molecular weight excluding hydrogens is 227 g/mol. The van der Waals surface area contributed by atoms with Gasteiger partial charge in [-0.3, -0.25) is 0 Å². The Kier molecular flexibility index (Phi) is 10.7. The third-order valence-electron chi connectivity index (χ3n) is 1.92. The zero-order valence-corrected chi connectivity index (χ0v) is 14.2. The van der Waals surface area contributed by atoms with Gasteiger partial charge in [0, 0.05) is 6.04 Å². The second kappa shape index (κ2) is 7.75. The second-order valence-corrected chi connectivity index (χ2v) is 6.46. The van der Waals surface area contributed by atoms with Gasteiger partial charge < -0.3 is 15.1 Å². The third-order valence-corrected chi connectivity index (χ3v) is 3.33. The van der Waals surface area contributed by atoms with Gasteiger partial charge in [-0.15, -0.1) is 11.8 Å². The largest absolute Gasteiger partial charge is 1.00 e. The molecule has 0 aromatic rings. The van der Waals surface area contributed by atoms with Crippen LogP contribution < -0.4 is 74.2 Å². The molecular formula is C6H12NNa2O2PS. The van der Waals surface area contributed by atoms with Crippen molar-refractivity contribution in [2.75, 3.05) is 12.7 Å². The molecule has 3 nitrogen and oxygen atoms in total. The van der Waals surface area contributed by atoms with E-state index in [0.717, 1.165) is 13.0 Å². The van der Waals surface area contributed by atoms with E-state index in [9.17, 15) is 9.79 Å². The summed E-state index contributed by atoms with van der Waals surface area (Å²) in [6.07, 6.45) is 1.11. The first-order valence-electron chi connectivity index (χ1n) is 3.72. The van der Waals surface area contributed by atoms with Crippen molar-refractivity contribution in [3.63, 3.8) is 0 Å². The molecule has 0 amide bonds. The van der Waals surface area contributed by atoms with Gasteiger partial charge in [-0.2, -0.15) is 0 Å². The Bertz CT molecular complexity index is 189. The van der Waals surface area contributed by atoms with Gasteiger partial charge >= 0.3 is 59.1 Å². The molecule has 0 bridgehead atoms. The molecule has 7 heteroatoms. The molecule has 1 rings (SSSR count). The predicted octanol–water partition coefficient (Wildman–Crippen LogP) is -6.98. The summed E-state index contributed by atoms with van der Waals surface area (Å²) < 4.78 is 0. The van der Waals surface area contributed by atoms with Crippen LogP contribution in [0.25, 0.3) is 0 Å². The number of hydrogen-bond donors (Lipinski definition) is 1. The van der Waals surface area contributed by atoms with Crippen LogP contribution in [0.15, 0.2) is 0 Å². The molecule has 0 spiro atoms. The molecule has 2 atom stereocenters. The Morgan fingerprint density at radius 2 is 2.00 bits per heavy atom. The maximum absolute atomic E-state index is 10.7. The maximum Gasteiger partial charge on any atom is 1.00 e. The third kappa shape index (κ3) is 8.35. The van der Waals surface area contributed by atoms with E-state index in [0.29, 0.717) is 6.04 Å². The summed E-state index contributed by atoms with van der Waals surface area (Å²) in [5.74, 6) is 0.242. The van der Waals surface area contributed by atoms with Crippen molar-refractivity contribution in [3.05, 3.63) is 0 Å². The Morgan fingerprint density at radius 1 is 1.46 bits per heavy atom. The van der Waals surface area contributed by atoms with E-state index in [1.54, 1.807) is 0 Å². The van der Waals surface area contributed by atoms with Gasteiger partial charge in [0.1, 0.15) is 0 Å². The normalized spacial score (nSPS) is 27.6. The van der Waals surface area contributed by atoms with Crippen LogP contribution in [-0.4, -0.2) is 18.7 Å². The molecule has 0 aromatic heterocycles. The zero-order chi connectivity index (χ0) is 8.48. The Balaban J connectivity index is 0. The molecule has 0 aromatic carbocycles. The van der Waals surface area contributed by atoms with Gasteiger partial charge in [0.2, 0.25) is 0 Å². The minimum Gasteiger partial charge on any atom is -0.832 e. The van der Waals surface area contributed by atoms with Crippen LogP contribution in [0.1, 0.15) is 13.3 Å². The monoisotopic (exact) mass is 239 g/mol. The van der Waals surface area contributed by atoms with Gasteiger partial charge in [-0.1, -0.05) is 0 Å². The van der Waals surface area contributed by atoms with E-state index < -0.39 is 6.49 Å². The fourth-order valence-corrected chi connectivity index (χ4v) is 3.03. The van der Waals surface area contributed by atoms with Crippen molar-refractivity contribution >= 4 is 18.3 Å². The van der Waals surface area contributed by atoms with Crippen molar-refractivity contribution in [1.82, 2.24) is 5.32 Å². The van der Waals surface area contributed by atoms with Crippen LogP contribution in [0, 0.1) is 5.92 Å². The molecule has 1 aliphatic rings. The van der Waals surface area contributed by atoms with E-state index in [1.807, 2.05) is 0 Å². The van der Waals surface area contributed by atoms with E-state index in [-0.39, 0.29) is 71.2 Å². The van der Waals surface area contributed by atoms with Crippen LogP contribution in [0.2, 0.25) is 0 Å². The summed E-state index contributed by atoms with van der Waals surface area (Å²) in [4.78, 5) is 21.4. The molecule has 2 unspecified atom stereocenters. The fraction of sp³-hybridized carbons (Fsp3) is 1.00. The van der Waals surface area contributed by atoms with Crippen LogP contribution >= 0.6 is 6.49 Å². The van der Waals surface area contributed by atoms with Crippen molar-refractivity contribution in [2.24, 2.45) is 5.92 Å². The molecule has 1 heterocycles. The van der Waals surface area contributed by atoms with Gasteiger partial charge in [-0.05, 0) is 32.0 Å². The van der Waals surface area contributed by atoms with Crippen LogP contribution in [0.5, 0.6) is 0 Å². The topological polar surface area (TPSA) is 58.1 Å². The summed E-state index contributed by atoms with van der Waals surface area (Å²) in [7, 11) is 0. The van der Waals surface area contributed by atoms with Gasteiger partial charge in [0.25, 0.3) is 0 Å². The summed E-state index contributed by atoms with van der Waals surface area (Å²) >= 11 is 4.33. The molecule has 0 saturated carbocycles.